The van der Waals surface area contributed by atoms with Crippen LogP contribution in [-0.4, -0.2) is 33.5 Å². The largest absolute Gasteiger partial charge is 0.351 e. The van der Waals surface area contributed by atoms with Crippen molar-refractivity contribution in [2.75, 3.05) is 11.9 Å². The monoisotopic (exact) mass is 415 g/mol. The van der Waals surface area contributed by atoms with Crippen molar-refractivity contribution >= 4 is 28.7 Å². The molecule has 0 bridgehead atoms. The topological polar surface area (TPSA) is 110 Å². The van der Waals surface area contributed by atoms with E-state index in [2.05, 4.69) is 25.8 Å². The summed E-state index contributed by atoms with van der Waals surface area (Å²) in [7, 11) is 0. The van der Waals surface area contributed by atoms with E-state index in [0.717, 1.165) is 11.3 Å². The third kappa shape index (κ3) is 4.58. The molecule has 2 N–H and O–H groups in total. The van der Waals surface area contributed by atoms with Gasteiger partial charge in [0.25, 0.3) is 11.6 Å². The van der Waals surface area contributed by atoms with E-state index in [1.54, 1.807) is 19.1 Å². The first kappa shape index (κ1) is 20.2. The van der Waals surface area contributed by atoms with Crippen LogP contribution in [0, 0.1) is 13.8 Å². The van der Waals surface area contributed by atoms with Crippen LogP contribution in [0.15, 0.2) is 59.1 Å². The van der Waals surface area contributed by atoms with Gasteiger partial charge >= 0.3 is 0 Å². The molecule has 3 aromatic heterocycles. The summed E-state index contributed by atoms with van der Waals surface area (Å²) in [5.41, 5.74) is 3.56. The van der Waals surface area contributed by atoms with E-state index in [0.29, 0.717) is 33.9 Å². The number of pyridine rings is 2. The van der Waals surface area contributed by atoms with Crippen LogP contribution in [0.2, 0.25) is 0 Å². The lowest BCUT2D eigenvalue weighted by Gasteiger charge is -2.09. The van der Waals surface area contributed by atoms with E-state index < -0.39 is 0 Å². The van der Waals surface area contributed by atoms with E-state index in [-0.39, 0.29) is 24.8 Å². The van der Waals surface area contributed by atoms with E-state index in [1.165, 1.54) is 0 Å². The highest BCUT2D eigenvalue weighted by Crippen LogP contribution is 2.26. The number of anilines is 1. The molecule has 0 saturated heterocycles. The number of nitrogens with zero attached hydrogens (tertiary/aromatic N) is 3. The molecule has 31 heavy (non-hydrogen) atoms. The second-order valence-corrected chi connectivity index (χ2v) is 7.09. The SMILES string of the molecule is Cc1cccc(NC(=O)CCNC(=O)c2cc(-c3ccccc3)nc3onc(C)c23)n1. The Balaban J connectivity index is 1.48. The maximum Gasteiger partial charge on any atom is 0.259 e. The molecule has 3 heterocycles. The Morgan fingerprint density at radius 3 is 2.58 bits per heavy atom. The third-order valence-corrected chi connectivity index (χ3v) is 4.72. The van der Waals surface area contributed by atoms with E-state index in [9.17, 15) is 9.59 Å². The maximum atomic E-state index is 12.9. The molecule has 0 spiro atoms. The van der Waals surface area contributed by atoms with E-state index in [1.807, 2.05) is 49.4 Å². The molecule has 1 aromatic carbocycles. The van der Waals surface area contributed by atoms with E-state index >= 15 is 0 Å². The molecule has 8 nitrogen and oxygen atoms in total. The highest BCUT2D eigenvalue weighted by atomic mass is 16.5. The van der Waals surface area contributed by atoms with Crippen molar-refractivity contribution in [3.8, 4) is 11.3 Å². The van der Waals surface area contributed by atoms with Crippen LogP contribution in [0.3, 0.4) is 0 Å². The van der Waals surface area contributed by atoms with Gasteiger partial charge in [-0.25, -0.2) is 9.97 Å². The average molecular weight is 415 g/mol. The number of fused-ring (bicyclic) bond motifs is 1. The van der Waals surface area contributed by atoms with Crippen molar-refractivity contribution in [3.05, 3.63) is 71.5 Å². The molecule has 2 amide bonds. The fourth-order valence-electron chi connectivity index (χ4n) is 3.23. The van der Waals surface area contributed by atoms with E-state index in [4.69, 9.17) is 4.52 Å². The van der Waals surface area contributed by atoms with Crippen LogP contribution in [0.5, 0.6) is 0 Å². The second-order valence-electron chi connectivity index (χ2n) is 7.09. The smallest absolute Gasteiger partial charge is 0.259 e. The van der Waals surface area contributed by atoms with Gasteiger partial charge in [-0.15, -0.1) is 0 Å². The molecule has 4 rings (SSSR count). The minimum absolute atomic E-state index is 0.115. The predicted molar refractivity (Wildman–Crippen MR) is 117 cm³/mol. The summed E-state index contributed by atoms with van der Waals surface area (Å²) >= 11 is 0. The first-order valence-electron chi connectivity index (χ1n) is 9.85. The summed E-state index contributed by atoms with van der Waals surface area (Å²) in [6.07, 6.45) is 0.115. The summed E-state index contributed by atoms with van der Waals surface area (Å²) < 4.78 is 5.31. The lowest BCUT2D eigenvalue weighted by Crippen LogP contribution is -2.28. The second kappa shape index (κ2) is 8.74. The first-order valence-corrected chi connectivity index (χ1v) is 9.85. The number of aromatic nitrogens is 3. The molecule has 0 saturated carbocycles. The van der Waals surface area contributed by atoms with Gasteiger partial charge in [0.15, 0.2) is 0 Å². The molecule has 0 unspecified atom stereocenters. The molecule has 0 atom stereocenters. The molecule has 0 aliphatic carbocycles. The Bertz CT molecular complexity index is 1250. The van der Waals surface area contributed by atoms with Gasteiger partial charge in [-0.2, -0.15) is 0 Å². The first-order chi connectivity index (χ1) is 15.0. The molecule has 4 aromatic rings. The number of carbonyl (C=O) groups excluding carboxylic acids is 2. The van der Waals surface area contributed by atoms with Gasteiger partial charge in [-0.3, -0.25) is 9.59 Å². The van der Waals surface area contributed by atoms with Crippen molar-refractivity contribution < 1.29 is 14.1 Å². The van der Waals surface area contributed by atoms with Crippen molar-refractivity contribution in [2.24, 2.45) is 0 Å². The zero-order chi connectivity index (χ0) is 21.8. The Morgan fingerprint density at radius 2 is 1.81 bits per heavy atom. The lowest BCUT2D eigenvalue weighted by atomic mass is 10.1. The van der Waals surface area contributed by atoms with Crippen molar-refractivity contribution in [1.82, 2.24) is 20.4 Å². The number of amides is 2. The number of hydrogen-bond acceptors (Lipinski definition) is 6. The lowest BCUT2D eigenvalue weighted by molar-refractivity contribution is -0.116. The molecule has 156 valence electrons. The standard InChI is InChI=1S/C23H21N5O3/c1-14-7-6-10-19(25-14)27-20(29)11-12-24-22(30)17-13-18(16-8-4-3-5-9-16)26-23-21(17)15(2)28-31-23/h3-10,13H,11-12H2,1-2H3,(H,24,30)(H,25,27,29). The van der Waals surface area contributed by atoms with Crippen LogP contribution < -0.4 is 10.6 Å². The minimum Gasteiger partial charge on any atom is -0.351 e. The molecule has 0 radical (unpaired) electrons. The maximum absolute atomic E-state index is 12.9. The molecule has 0 aliphatic rings. The number of nitrogens with one attached hydrogen (secondary N) is 2. The van der Waals surface area contributed by atoms with Gasteiger partial charge in [-0.1, -0.05) is 41.6 Å². The molecule has 0 aliphatic heterocycles. The van der Waals surface area contributed by atoms with Crippen molar-refractivity contribution in [3.63, 3.8) is 0 Å². The van der Waals surface area contributed by atoms with Crippen LogP contribution in [0.25, 0.3) is 22.4 Å². The Labute approximate surface area is 178 Å². The number of carbonyl (C=O) groups is 2. The summed E-state index contributed by atoms with van der Waals surface area (Å²) in [6, 6.07) is 16.6. The number of hydrogen-bond donors (Lipinski definition) is 2. The summed E-state index contributed by atoms with van der Waals surface area (Å²) in [5.74, 6) is -0.0680. The van der Waals surface area contributed by atoms with Gasteiger partial charge < -0.3 is 15.2 Å². The van der Waals surface area contributed by atoms with Crippen molar-refractivity contribution in [2.45, 2.75) is 20.3 Å². The number of aryl methyl sites for hydroxylation is 2. The third-order valence-electron chi connectivity index (χ3n) is 4.72. The highest BCUT2D eigenvalue weighted by Gasteiger charge is 2.19. The fourth-order valence-corrected chi connectivity index (χ4v) is 3.23. The van der Waals surface area contributed by atoms with Crippen LogP contribution in [-0.2, 0) is 4.79 Å². The molecular formula is C23H21N5O3. The van der Waals surface area contributed by atoms with Crippen LogP contribution in [0.4, 0.5) is 5.82 Å². The Morgan fingerprint density at radius 1 is 1.00 bits per heavy atom. The quantitative estimate of drug-likeness (QED) is 0.497. The Kier molecular flexibility index (Phi) is 5.70. The van der Waals surface area contributed by atoms with Gasteiger partial charge in [0, 0.05) is 24.2 Å². The highest BCUT2D eigenvalue weighted by molar-refractivity contribution is 6.07. The van der Waals surface area contributed by atoms with Crippen molar-refractivity contribution in [1.29, 1.82) is 0 Å². The van der Waals surface area contributed by atoms with Gasteiger partial charge in [0.2, 0.25) is 5.91 Å². The van der Waals surface area contributed by atoms with Gasteiger partial charge in [-0.05, 0) is 32.0 Å². The summed E-state index contributed by atoms with van der Waals surface area (Å²) in [5, 5.41) is 10.0. The number of rotatable bonds is 6. The summed E-state index contributed by atoms with van der Waals surface area (Å²) in [4.78, 5) is 33.8. The molecule has 0 fully saturated rings. The fraction of sp³-hybridized carbons (Fsp3) is 0.174. The zero-order valence-corrected chi connectivity index (χ0v) is 17.2. The molecular weight excluding hydrogens is 394 g/mol. The average Bonchev–Trinajstić information content (AvgIpc) is 3.14. The summed E-state index contributed by atoms with van der Waals surface area (Å²) in [6.45, 7) is 3.78. The molecule has 8 heteroatoms. The van der Waals surface area contributed by atoms with Crippen LogP contribution >= 0.6 is 0 Å². The van der Waals surface area contributed by atoms with Gasteiger partial charge in [0.05, 0.1) is 22.3 Å². The minimum atomic E-state index is -0.322. The predicted octanol–water partition coefficient (Wildman–Crippen LogP) is 3.66. The van der Waals surface area contributed by atoms with Crippen LogP contribution in [0.1, 0.15) is 28.2 Å². The Hall–Kier alpha value is -4.07. The zero-order valence-electron chi connectivity index (χ0n) is 17.2. The van der Waals surface area contributed by atoms with Gasteiger partial charge in [0.1, 0.15) is 5.82 Å². The normalized spacial score (nSPS) is 10.8. The number of benzene rings is 1.